The SMILES string of the molecule is CC(C)c1cc2c(cc1=O)c1cccc3cc4[nH]ccnc4c2c31. The van der Waals surface area contributed by atoms with Crippen LogP contribution in [-0.2, 0) is 0 Å². The van der Waals surface area contributed by atoms with Crippen LogP contribution < -0.4 is 5.43 Å². The summed E-state index contributed by atoms with van der Waals surface area (Å²) >= 11 is 0. The Morgan fingerprint density at radius 2 is 1.88 bits per heavy atom. The van der Waals surface area contributed by atoms with Crippen molar-refractivity contribution in [2.75, 3.05) is 0 Å². The summed E-state index contributed by atoms with van der Waals surface area (Å²) in [6.45, 7) is 4.13. The average molecular weight is 312 g/mol. The number of rotatable bonds is 1. The van der Waals surface area contributed by atoms with Crippen LogP contribution in [0.4, 0.5) is 0 Å². The van der Waals surface area contributed by atoms with Gasteiger partial charge in [-0.25, -0.2) is 0 Å². The molecular weight excluding hydrogens is 296 g/mol. The molecule has 1 aromatic heterocycles. The van der Waals surface area contributed by atoms with Gasteiger partial charge in [-0.2, -0.15) is 0 Å². The Morgan fingerprint density at radius 3 is 2.71 bits per heavy atom. The molecule has 0 aliphatic rings. The minimum Gasteiger partial charge on any atom is -0.358 e. The zero-order valence-electron chi connectivity index (χ0n) is 13.6. The number of fused-ring (bicyclic) bond motifs is 5. The maximum atomic E-state index is 12.5. The van der Waals surface area contributed by atoms with E-state index in [1.165, 1.54) is 10.8 Å². The third-order valence-electron chi connectivity index (χ3n) is 4.99. The van der Waals surface area contributed by atoms with Gasteiger partial charge in [0.15, 0.2) is 5.43 Å². The predicted molar refractivity (Wildman–Crippen MR) is 100 cm³/mol. The van der Waals surface area contributed by atoms with Crippen LogP contribution >= 0.6 is 0 Å². The standard InChI is InChI=1S/C21H16N2O/c1-11(2)14-9-16-15(10-18(14)24)13-5-3-4-12-8-17-21(20(16)19(12)13)23-7-6-22-17/h3-11,22H,1-2H3. The summed E-state index contributed by atoms with van der Waals surface area (Å²) in [6, 6.07) is 12.3. The molecule has 1 N–H and O–H groups in total. The molecule has 0 unspecified atom stereocenters. The monoisotopic (exact) mass is 312 g/mol. The molecule has 3 heteroatoms. The van der Waals surface area contributed by atoms with Crippen molar-refractivity contribution in [3.05, 3.63) is 64.6 Å². The van der Waals surface area contributed by atoms with E-state index in [0.717, 1.165) is 38.1 Å². The molecule has 0 aliphatic heterocycles. The molecule has 0 saturated carbocycles. The number of nitrogens with one attached hydrogen (secondary N) is 1. The first kappa shape index (κ1) is 13.5. The van der Waals surface area contributed by atoms with Gasteiger partial charge in [-0.15, -0.1) is 0 Å². The lowest BCUT2D eigenvalue weighted by molar-refractivity contribution is 0.860. The highest BCUT2D eigenvalue weighted by molar-refractivity contribution is 6.35. The van der Waals surface area contributed by atoms with E-state index < -0.39 is 0 Å². The molecule has 1 heterocycles. The molecule has 0 fully saturated rings. The van der Waals surface area contributed by atoms with Crippen molar-refractivity contribution in [3.8, 4) is 0 Å². The fourth-order valence-electron chi connectivity index (χ4n) is 3.89. The average Bonchev–Trinajstić information content (AvgIpc) is 2.90. The van der Waals surface area contributed by atoms with Crippen LogP contribution in [0.1, 0.15) is 25.3 Å². The van der Waals surface area contributed by atoms with E-state index >= 15 is 0 Å². The van der Waals surface area contributed by atoms with Gasteiger partial charge in [0, 0.05) is 23.3 Å². The zero-order valence-corrected chi connectivity index (χ0v) is 13.6. The van der Waals surface area contributed by atoms with E-state index in [9.17, 15) is 4.79 Å². The summed E-state index contributed by atoms with van der Waals surface area (Å²) in [5, 5.41) is 6.82. The number of H-pyrrole nitrogens is 1. The van der Waals surface area contributed by atoms with Gasteiger partial charge in [0.2, 0.25) is 0 Å². The second-order valence-electron chi connectivity index (χ2n) is 6.73. The van der Waals surface area contributed by atoms with Gasteiger partial charge in [0.05, 0.1) is 11.0 Å². The van der Waals surface area contributed by atoms with E-state index in [4.69, 9.17) is 0 Å². The third-order valence-corrected chi connectivity index (χ3v) is 4.99. The molecule has 0 radical (unpaired) electrons. The predicted octanol–water partition coefficient (Wildman–Crippen LogP) is 4.94. The number of hydrogen-bond acceptors (Lipinski definition) is 2. The highest BCUT2D eigenvalue weighted by Gasteiger charge is 2.17. The minimum atomic E-state index is 0.123. The summed E-state index contributed by atoms with van der Waals surface area (Å²) in [5.41, 5.74) is 2.97. The van der Waals surface area contributed by atoms with Crippen LogP contribution in [-0.4, -0.2) is 9.97 Å². The molecule has 0 atom stereocenters. The molecule has 0 aliphatic carbocycles. The van der Waals surface area contributed by atoms with Gasteiger partial charge in [-0.3, -0.25) is 9.78 Å². The zero-order chi connectivity index (χ0) is 16.4. The van der Waals surface area contributed by atoms with Crippen LogP contribution in [0.3, 0.4) is 0 Å². The molecule has 5 rings (SSSR count). The minimum absolute atomic E-state index is 0.123. The first-order chi connectivity index (χ1) is 11.6. The molecule has 0 saturated heterocycles. The normalized spacial score (nSPS) is 12.3. The Kier molecular flexibility index (Phi) is 2.55. The quantitative estimate of drug-likeness (QED) is 0.445. The Morgan fingerprint density at radius 1 is 1.00 bits per heavy atom. The Bertz CT molecular complexity index is 1300. The molecule has 116 valence electrons. The summed E-state index contributed by atoms with van der Waals surface area (Å²) in [6.07, 6.45) is 3.64. The molecule has 4 aromatic carbocycles. The van der Waals surface area contributed by atoms with E-state index in [0.29, 0.717) is 0 Å². The number of aromatic amines is 1. The van der Waals surface area contributed by atoms with Crippen LogP contribution in [0.2, 0.25) is 0 Å². The first-order valence-corrected chi connectivity index (χ1v) is 8.23. The van der Waals surface area contributed by atoms with Gasteiger partial charge in [-0.05, 0) is 51.0 Å². The van der Waals surface area contributed by atoms with Crippen LogP contribution in [0, 0.1) is 0 Å². The molecule has 0 bridgehead atoms. The first-order valence-electron chi connectivity index (χ1n) is 8.23. The van der Waals surface area contributed by atoms with Gasteiger partial charge < -0.3 is 4.98 Å². The number of hydrogen-bond donors (Lipinski definition) is 1. The summed E-state index contributed by atoms with van der Waals surface area (Å²) in [5.74, 6) is 0.205. The lowest BCUT2D eigenvalue weighted by Crippen LogP contribution is -2.07. The van der Waals surface area contributed by atoms with Crippen molar-refractivity contribution in [2.45, 2.75) is 19.8 Å². The van der Waals surface area contributed by atoms with Crippen molar-refractivity contribution in [1.29, 1.82) is 0 Å². The summed E-state index contributed by atoms with van der Waals surface area (Å²) in [7, 11) is 0. The van der Waals surface area contributed by atoms with E-state index in [1.807, 2.05) is 6.20 Å². The molecule has 0 amide bonds. The second-order valence-corrected chi connectivity index (χ2v) is 6.73. The van der Waals surface area contributed by atoms with Gasteiger partial charge in [0.1, 0.15) is 0 Å². The molecule has 5 aromatic rings. The second kappa shape index (κ2) is 4.54. The smallest absolute Gasteiger partial charge is 0.182 e. The van der Waals surface area contributed by atoms with Crippen molar-refractivity contribution < 1.29 is 0 Å². The van der Waals surface area contributed by atoms with Crippen molar-refractivity contribution in [2.24, 2.45) is 0 Å². The van der Waals surface area contributed by atoms with Gasteiger partial charge in [0.25, 0.3) is 0 Å². The maximum Gasteiger partial charge on any atom is 0.182 e. The molecule has 0 spiro atoms. The van der Waals surface area contributed by atoms with E-state index in [-0.39, 0.29) is 11.3 Å². The summed E-state index contributed by atoms with van der Waals surface area (Å²) < 4.78 is 0. The number of benzene rings is 3. The van der Waals surface area contributed by atoms with E-state index in [1.54, 1.807) is 12.3 Å². The molecular formula is C21H16N2O. The maximum absolute atomic E-state index is 12.5. The van der Waals surface area contributed by atoms with Crippen LogP contribution in [0.25, 0.3) is 43.4 Å². The van der Waals surface area contributed by atoms with E-state index in [2.05, 4.69) is 54.1 Å². The Balaban J connectivity index is 2.17. The largest absolute Gasteiger partial charge is 0.358 e. The fourth-order valence-corrected chi connectivity index (χ4v) is 3.89. The lowest BCUT2D eigenvalue weighted by atomic mass is 9.99. The number of nitrogens with zero attached hydrogens (tertiary/aromatic N) is 1. The fraction of sp³-hybridized carbons (Fsp3) is 0.143. The van der Waals surface area contributed by atoms with Crippen molar-refractivity contribution >= 4 is 43.4 Å². The van der Waals surface area contributed by atoms with Gasteiger partial charge >= 0.3 is 0 Å². The molecule has 3 nitrogen and oxygen atoms in total. The molecule has 24 heavy (non-hydrogen) atoms. The van der Waals surface area contributed by atoms with Crippen LogP contribution in [0.15, 0.2) is 53.6 Å². The Labute approximate surface area is 138 Å². The van der Waals surface area contributed by atoms with Crippen molar-refractivity contribution in [1.82, 2.24) is 9.97 Å². The number of aromatic nitrogens is 2. The van der Waals surface area contributed by atoms with Crippen molar-refractivity contribution in [3.63, 3.8) is 0 Å². The topological polar surface area (TPSA) is 45.8 Å². The third kappa shape index (κ3) is 1.61. The lowest BCUT2D eigenvalue weighted by Gasteiger charge is -2.05. The van der Waals surface area contributed by atoms with Crippen LogP contribution in [0.5, 0.6) is 0 Å². The summed E-state index contributed by atoms with van der Waals surface area (Å²) in [4.78, 5) is 20.5. The highest BCUT2D eigenvalue weighted by Crippen LogP contribution is 2.41. The van der Waals surface area contributed by atoms with Gasteiger partial charge in [-0.1, -0.05) is 32.0 Å². The Hall–Kier alpha value is -2.94. The highest BCUT2D eigenvalue weighted by atomic mass is 16.1.